The van der Waals surface area contributed by atoms with Gasteiger partial charge in [-0.15, -0.1) is 0 Å². The molecule has 0 heterocycles. The molecule has 22 valence electrons. The maximum absolute atomic E-state index is 3.24. The Bertz CT molecular complexity index is 77.4. The number of hydrogen-bond acceptors (Lipinski definition) is 1. The zero-order chi connectivity index (χ0) is 4.12. The molecule has 0 fully saturated rings. The molecule has 0 unspecified atom stereocenters. The van der Waals surface area contributed by atoms with E-state index in [-0.39, 0.29) is 0 Å². The molecule has 0 amide bonds. The number of nitrogens with zero attached hydrogens (tertiary/aromatic N) is 1. The first-order valence-corrected chi connectivity index (χ1v) is 1.29. The topological polar surface area (TPSA) is 12.4 Å². The molecular formula is C2H3B2N. The van der Waals surface area contributed by atoms with Crippen molar-refractivity contribution in [2.75, 3.05) is 0 Å². The van der Waals surface area contributed by atoms with Crippen LogP contribution in [0.25, 0.3) is 0 Å². The van der Waals surface area contributed by atoms with Crippen molar-refractivity contribution in [1.82, 2.24) is 0 Å². The number of rotatable bonds is 0. The molecule has 0 spiro atoms. The molecular weight excluding hydrogens is 59.7 g/mol. The average Bonchev–Trinajstić information content (AvgIpc) is 1.41. The summed E-state index contributed by atoms with van der Waals surface area (Å²) in [6.07, 6.45) is 0. The summed E-state index contributed by atoms with van der Waals surface area (Å²) in [6.45, 7) is 0. The predicted molar refractivity (Wildman–Crippen MR) is 25.9 cm³/mol. The van der Waals surface area contributed by atoms with E-state index in [0.29, 0.717) is 0 Å². The van der Waals surface area contributed by atoms with E-state index in [1.807, 2.05) is 0 Å². The molecule has 0 saturated carbocycles. The van der Waals surface area contributed by atoms with Gasteiger partial charge in [0.05, 0.1) is 0 Å². The molecule has 5 heavy (non-hydrogen) atoms. The molecule has 0 aliphatic carbocycles. The molecule has 1 nitrogen and oxygen atoms in total. The Morgan fingerprint density at radius 3 is 2.40 bits per heavy atom. The molecule has 0 aliphatic heterocycles. The molecule has 0 saturated heterocycles. The summed E-state index contributed by atoms with van der Waals surface area (Å²) in [6, 6.07) is 2.38. The molecule has 0 aromatic carbocycles. The van der Waals surface area contributed by atoms with Gasteiger partial charge in [-0.1, -0.05) is 0 Å². The van der Waals surface area contributed by atoms with Crippen molar-refractivity contribution in [2.24, 2.45) is 4.90 Å². The van der Waals surface area contributed by atoms with Crippen molar-refractivity contribution >= 4 is 15.5 Å². The van der Waals surface area contributed by atoms with Gasteiger partial charge in [0.25, 0.3) is 0 Å². The van der Waals surface area contributed by atoms with Crippen LogP contribution in [-0.4, -0.2) is 15.5 Å². The second kappa shape index (κ2) is 3.49. The van der Waals surface area contributed by atoms with Gasteiger partial charge < -0.3 is 0 Å². The van der Waals surface area contributed by atoms with Crippen LogP contribution in [-0.2, 0) is 0 Å². The van der Waals surface area contributed by atoms with Gasteiger partial charge in [0.15, 0.2) is 0 Å². The standard InChI is InChI=1S/C2H3B2N/c3-1-2-5-4/h4H,3H2. The third kappa shape index (κ3) is 3.49. The molecule has 0 rings (SSSR count). The summed E-state index contributed by atoms with van der Waals surface area (Å²) >= 11 is 0. The summed E-state index contributed by atoms with van der Waals surface area (Å²) < 4.78 is 0. The summed E-state index contributed by atoms with van der Waals surface area (Å²) in [7, 11) is 4.84. The van der Waals surface area contributed by atoms with Gasteiger partial charge in [0.1, 0.15) is 0 Å². The van der Waals surface area contributed by atoms with E-state index in [1.54, 1.807) is 7.85 Å². The van der Waals surface area contributed by atoms with E-state index in [9.17, 15) is 0 Å². The molecule has 0 aromatic rings. The second-order valence-corrected chi connectivity index (χ2v) is 0.520. The fraction of sp³-hybridized carbons (Fsp3) is 0. The van der Waals surface area contributed by atoms with Crippen LogP contribution in [0.2, 0.25) is 0 Å². The minimum atomic E-state index is 1.72. The van der Waals surface area contributed by atoms with Crippen LogP contribution in [0.15, 0.2) is 4.90 Å². The van der Waals surface area contributed by atoms with Gasteiger partial charge >= 0.3 is 32.2 Å². The van der Waals surface area contributed by atoms with E-state index >= 15 is 0 Å². The van der Waals surface area contributed by atoms with Crippen LogP contribution in [0.1, 0.15) is 0 Å². The van der Waals surface area contributed by atoms with Gasteiger partial charge in [0.2, 0.25) is 0 Å². The van der Waals surface area contributed by atoms with Crippen molar-refractivity contribution in [3.05, 3.63) is 0 Å². The quantitative estimate of drug-likeness (QED) is 0.242. The number of hydrogen-bond donors (Lipinski definition) is 0. The van der Waals surface area contributed by atoms with E-state index < -0.39 is 0 Å². The third-order valence-electron chi connectivity index (χ3n) is 0.191. The van der Waals surface area contributed by atoms with E-state index in [2.05, 4.69) is 24.4 Å². The van der Waals surface area contributed by atoms with Crippen molar-refractivity contribution in [3.8, 4) is 11.9 Å². The van der Waals surface area contributed by atoms with Crippen LogP contribution < -0.4 is 0 Å². The summed E-state index contributed by atoms with van der Waals surface area (Å²) in [4.78, 5) is 3.24. The van der Waals surface area contributed by atoms with Gasteiger partial charge in [-0.2, -0.15) is 0 Å². The Hall–Kier alpha value is -0.510. The van der Waals surface area contributed by atoms with Crippen LogP contribution in [0, 0.1) is 11.9 Å². The molecule has 0 aliphatic rings. The fourth-order valence-electron chi connectivity index (χ4n) is 0.0791. The predicted octanol–water partition coefficient (Wildman–Crippen LogP) is -1.38. The zero-order valence-corrected chi connectivity index (χ0v) is 3.15. The van der Waals surface area contributed by atoms with Crippen molar-refractivity contribution in [2.45, 2.75) is 0 Å². The Morgan fingerprint density at radius 2 is 2.40 bits per heavy atom. The Labute approximate surface area is 33.3 Å². The van der Waals surface area contributed by atoms with Crippen LogP contribution in [0.5, 0.6) is 0 Å². The Morgan fingerprint density at radius 1 is 1.80 bits per heavy atom. The Balaban J connectivity index is 3.16. The SMILES string of the molecule is B=NC#CB. The van der Waals surface area contributed by atoms with E-state index in [0.717, 1.165) is 0 Å². The Kier molecular flexibility index (Phi) is 3.13. The normalized spacial score (nSPS) is 3.80. The molecule has 0 atom stereocenters. The van der Waals surface area contributed by atoms with Gasteiger partial charge in [-0.05, 0) is 0 Å². The third-order valence-corrected chi connectivity index (χ3v) is 0.191. The van der Waals surface area contributed by atoms with Crippen LogP contribution in [0.4, 0.5) is 0 Å². The van der Waals surface area contributed by atoms with E-state index in [4.69, 9.17) is 0 Å². The zero-order valence-electron chi connectivity index (χ0n) is 3.15. The first kappa shape index (κ1) is 4.49. The molecule has 0 bridgehead atoms. The monoisotopic (exact) mass is 63.0 g/mol. The molecule has 3 heteroatoms. The minimum absolute atomic E-state index is 1.72. The van der Waals surface area contributed by atoms with Crippen LogP contribution in [0.3, 0.4) is 0 Å². The fourth-order valence-corrected chi connectivity index (χ4v) is 0.0791. The molecule has 0 radical (unpaired) electrons. The summed E-state index contributed by atoms with van der Waals surface area (Å²) in [5, 5.41) is 0. The van der Waals surface area contributed by atoms with Crippen molar-refractivity contribution in [1.29, 1.82) is 0 Å². The first-order chi connectivity index (χ1) is 2.41. The molecule has 0 aromatic heterocycles. The van der Waals surface area contributed by atoms with Crippen molar-refractivity contribution < 1.29 is 0 Å². The molecule has 0 N–H and O–H groups in total. The average molecular weight is 62.7 g/mol. The first-order valence-electron chi connectivity index (χ1n) is 1.29. The second-order valence-electron chi connectivity index (χ2n) is 0.520. The van der Waals surface area contributed by atoms with Crippen molar-refractivity contribution in [3.63, 3.8) is 0 Å². The van der Waals surface area contributed by atoms with Gasteiger partial charge in [-0.25, -0.2) is 0 Å². The summed E-state index contributed by atoms with van der Waals surface area (Å²) in [5.74, 6) is 2.54. The van der Waals surface area contributed by atoms with Crippen LogP contribution >= 0.6 is 0 Å². The maximum atomic E-state index is 3.24. The summed E-state index contributed by atoms with van der Waals surface area (Å²) in [5.41, 5.74) is 0. The van der Waals surface area contributed by atoms with Gasteiger partial charge in [0, 0.05) is 0 Å². The van der Waals surface area contributed by atoms with E-state index in [1.165, 1.54) is 0 Å². The van der Waals surface area contributed by atoms with Gasteiger partial charge in [-0.3, -0.25) is 0 Å².